The minimum absolute atomic E-state index is 0.0694. The van der Waals surface area contributed by atoms with Crippen LogP contribution < -0.4 is 19.7 Å². The van der Waals surface area contributed by atoms with Crippen LogP contribution >= 0.6 is 0 Å². The molecule has 1 amide bonds. The number of anilines is 1. The lowest BCUT2D eigenvalue weighted by atomic mass is 9.87. The van der Waals surface area contributed by atoms with Crippen molar-refractivity contribution in [1.29, 1.82) is 0 Å². The summed E-state index contributed by atoms with van der Waals surface area (Å²) in [7, 11) is 0. The van der Waals surface area contributed by atoms with Gasteiger partial charge in [-0.05, 0) is 73.2 Å². The van der Waals surface area contributed by atoms with Crippen LogP contribution in [0.3, 0.4) is 0 Å². The first-order chi connectivity index (χ1) is 18.2. The van der Waals surface area contributed by atoms with Crippen molar-refractivity contribution in [3.8, 4) is 11.5 Å². The van der Waals surface area contributed by atoms with E-state index < -0.39 is 18.0 Å². The molecule has 1 unspecified atom stereocenters. The van der Waals surface area contributed by atoms with Gasteiger partial charge in [0.25, 0.3) is 0 Å². The van der Waals surface area contributed by atoms with E-state index in [1.165, 1.54) is 11.6 Å². The number of aliphatic hydroxyl groups excluding tert-OH is 1. The number of hydrogen-bond acceptors (Lipinski definition) is 6. The van der Waals surface area contributed by atoms with Crippen molar-refractivity contribution in [1.82, 2.24) is 10.2 Å². The molecular weight excluding hydrogens is 485 g/mol. The van der Waals surface area contributed by atoms with Crippen LogP contribution in [0, 0.1) is 11.7 Å². The van der Waals surface area contributed by atoms with Crippen molar-refractivity contribution in [2.24, 2.45) is 5.92 Å². The molecule has 5 rings (SSSR count). The number of carbonyl (C=O) groups is 1. The van der Waals surface area contributed by atoms with E-state index in [2.05, 4.69) is 60.2 Å². The number of likely N-dealkylation sites (tertiary alicyclic amines) is 1. The molecule has 0 aromatic heterocycles. The van der Waals surface area contributed by atoms with Gasteiger partial charge in [0.2, 0.25) is 5.91 Å². The number of rotatable bonds is 7. The Labute approximate surface area is 224 Å². The largest absolute Gasteiger partial charge is 0.486 e. The van der Waals surface area contributed by atoms with E-state index in [1.54, 1.807) is 6.07 Å². The molecule has 0 saturated carbocycles. The van der Waals surface area contributed by atoms with Crippen molar-refractivity contribution in [3.05, 3.63) is 53.3 Å². The highest BCUT2D eigenvalue weighted by atomic mass is 19.1. The van der Waals surface area contributed by atoms with E-state index in [9.17, 15) is 14.3 Å². The second-order valence-electron chi connectivity index (χ2n) is 11.8. The van der Waals surface area contributed by atoms with Gasteiger partial charge in [-0.15, -0.1) is 0 Å². The lowest BCUT2D eigenvalue weighted by Gasteiger charge is -2.30. The van der Waals surface area contributed by atoms with Gasteiger partial charge in [-0.3, -0.25) is 4.79 Å². The zero-order valence-electron chi connectivity index (χ0n) is 22.7. The average Bonchev–Trinajstić information content (AvgIpc) is 3.60. The molecule has 3 aliphatic heterocycles. The predicted molar refractivity (Wildman–Crippen MR) is 145 cm³/mol. The topological polar surface area (TPSA) is 74.3 Å². The maximum Gasteiger partial charge on any atom is 0.225 e. The van der Waals surface area contributed by atoms with Crippen molar-refractivity contribution >= 4 is 11.6 Å². The molecule has 38 heavy (non-hydrogen) atoms. The van der Waals surface area contributed by atoms with Crippen LogP contribution in [0.5, 0.6) is 11.5 Å². The third kappa shape index (κ3) is 5.91. The summed E-state index contributed by atoms with van der Waals surface area (Å²) in [5.41, 5.74) is 2.87. The van der Waals surface area contributed by atoms with Gasteiger partial charge in [0.15, 0.2) is 17.3 Å². The van der Waals surface area contributed by atoms with Crippen LogP contribution in [-0.4, -0.2) is 67.9 Å². The molecule has 2 aromatic rings. The normalized spacial score (nSPS) is 21.4. The van der Waals surface area contributed by atoms with E-state index in [0.717, 1.165) is 44.6 Å². The van der Waals surface area contributed by atoms with Crippen molar-refractivity contribution < 1.29 is 23.8 Å². The molecule has 7 nitrogen and oxygen atoms in total. The monoisotopic (exact) mass is 525 g/mol. The molecule has 2 aromatic carbocycles. The van der Waals surface area contributed by atoms with Crippen LogP contribution in [0.15, 0.2) is 36.4 Å². The Hall–Kier alpha value is -2.84. The standard InChI is InChI=1S/C30H40FN3O4/c1-30(2,3)22-6-8-23(9-7-22)34-13-10-20(18-34)29(36)32-25(19-33-11-4-5-12-33)27(35)21-16-24(31)28-26(17-21)37-14-15-38-28/h6-9,16-17,20,25,27,35H,4-5,10-15,18-19H2,1-3H3,(H,32,36)/t20?,25-,27-/m1/s1. The summed E-state index contributed by atoms with van der Waals surface area (Å²) in [4.78, 5) is 17.9. The van der Waals surface area contributed by atoms with Crippen LogP contribution in [0.4, 0.5) is 10.1 Å². The van der Waals surface area contributed by atoms with Crippen LogP contribution in [-0.2, 0) is 10.2 Å². The summed E-state index contributed by atoms with van der Waals surface area (Å²) in [6.45, 7) is 11.0. The molecule has 8 heteroatoms. The van der Waals surface area contributed by atoms with Crippen LogP contribution in [0.2, 0.25) is 0 Å². The van der Waals surface area contributed by atoms with Gasteiger partial charge in [0.1, 0.15) is 19.3 Å². The number of benzene rings is 2. The number of ether oxygens (including phenoxy) is 2. The Morgan fingerprint density at radius 2 is 1.82 bits per heavy atom. The van der Waals surface area contributed by atoms with E-state index in [4.69, 9.17) is 9.47 Å². The Bertz CT molecular complexity index is 1130. The van der Waals surface area contributed by atoms with E-state index in [0.29, 0.717) is 37.6 Å². The predicted octanol–water partition coefficient (Wildman–Crippen LogP) is 4.03. The molecule has 206 valence electrons. The first kappa shape index (κ1) is 26.8. The number of aliphatic hydroxyl groups is 1. The first-order valence-electron chi connectivity index (χ1n) is 13.8. The van der Waals surface area contributed by atoms with Gasteiger partial charge in [0, 0.05) is 25.3 Å². The molecule has 2 N–H and O–H groups in total. The van der Waals surface area contributed by atoms with Crippen LogP contribution in [0.1, 0.15) is 57.3 Å². The molecule has 0 radical (unpaired) electrons. The molecule has 3 heterocycles. The number of nitrogens with one attached hydrogen (secondary N) is 1. The highest BCUT2D eigenvalue weighted by Gasteiger charge is 2.34. The summed E-state index contributed by atoms with van der Waals surface area (Å²) in [5, 5.41) is 14.5. The van der Waals surface area contributed by atoms with E-state index in [1.807, 2.05) is 0 Å². The van der Waals surface area contributed by atoms with Gasteiger partial charge in [-0.2, -0.15) is 0 Å². The minimum Gasteiger partial charge on any atom is -0.486 e. The number of fused-ring (bicyclic) bond motifs is 1. The molecule has 3 atom stereocenters. The highest BCUT2D eigenvalue weighted by molar-refractivity contribution is 5.80. The summed E-state index contributed by atoms with van der Waals surface area (Å²) in [6, 6.07) is 11.0. The van der Waals surface area contributed by atoms with Gasteiger partial charge < -0.3 is 29.7 Å². The van der Waals surface area contributed by atoms with Gasteiger partial charge in [0.05, 0.1) is 12.0 Å². The molecule has 0 bridgehead atoms. The summed E-state index contributed by atoms with van der Waals surface area (Å²) >= 11 is 0. The maximum absolute atomic E-state index is 14.7. The first-order valence-corrected chi connectivity index (χ1v) is 13.8. The maximum atomic E-state index is 14.7. The van der Waals surface area contributed by atoms with E-state index >= 15 is 0 Å². The molecule has 0 spiro atoms. The van der Waals surface area contributed by atoms with Crippen molar-refractivity contribution in [2.75, 3.05) is 50.8 Å². The highest BCUT2D eigenvalue weighted by Crippen LogP contribution is 2.37. The van der Waals surface area contributed by atoms with Gasteiger partial charge in [-0.25, -0.2) is 4.39 Å². The number of carbonyl (C=O) groups excluding carboxylic acids is 1. The number of nitrogens with zero attached hydrogens (tertiary/aromatic N) is 2. The third-order valence-corrected chi connectivity index (χ3v) is 7.98. The fourth-order valence-corrected chi connectivity index (χ4v) is 5.68. The second-order valence-corrected chi connectivity index (χ2v) is 11.8. The lowest BCUT2D eigenvalue weighted by Crippen LogP contribution is -2.48. The number of halogens is 1. The fraction of sp³-hybridized carbons (Fsp3) is 0.567. The molecule has 2 saturated heterocycles. The lowest BCUT2D eigenvalue weighted by molar-refractivity contribution is -0.126. The van der Waals surface area contributed by atoms with Gasteiger partial charge >= 0.3 is 0 Å². The smallest absolute Gasteiger partial charge is 0.225 e. The van der Waals surface area contributed by atoms with Crippen molar-refractivity contribution in [3.63, 3.8) is 0 Å². The Kier molecular flexibility index (Phi) is 7.82. The molecule has 0 aliphatic carbocycles. The Morgan fingerprint density at radius 3 is 2.53 bits per heavy atom. The van der Waals surface area contributed by atoms with Crippen molar-refractivity contribution in [2.45, 2.75) is 57.6 Å². The molecule has 2 fully saturated rings. The minimum atomic E-state index is -1.08. The fourth-order valence-electron chi connectivity index (χ4n) is 5.68. The summed E-state index contributed by atoms with van der Waals surface area (Å²) in [6.07, 6.45) is 1.87. The third-order valence-electron chi connectivity index (χ3n) is 7.98. The van der Waals surface area contributed by atoms with E-state index in [-0.39, 0.29) is 23.0 Å². The summed E-state index contributed by atoms with van der Waals surface area (Å²) in [5.74, 6) is -0.441. The number of hydrogen-bond donors (Lipinski definition) is 2. The average molecular weight is 526 g/mol. The number of amides is 1. The van der Waals surface area contributed by atoms with Crippen LogP contribution in [0.25, 0.3) is 0 Å². The zero-order chi connectivity index (χ0) is 26.9. The van der Waals surface area contributed by atoms with Gasteiger partial charge in [-0.1, -0.05) is 32.9 Å². The summed E-state index contributed by atoms with van der Waals surface area (Å²) < 4.78 is 25.7. The zero-order valence-corrected chi connectivity index (χ0v) is 22.7. The quantitative estimate of drug-likeness (QED) is 0.569. The molecule has 3 aliphatic rings. The Balaban J connectivity index is 1.28. The molecular formula is C30H40FN3O4. The Morgan fingerprint density at radius 1 is 1.11 bits per heavy atom. The second kappa shape index (κ2) is 11.1. The SMILES string of the molecule is CC(C)(C)c1ccc(N2CCC(C(=O)N[C@H](CN3CCCC3)[C@H](O)c3cc(F)c4c(c3)OCCO4)C2)cc1.